The first-order valence-electron chi connectivity index (χ1n) is 3.27. The molecule has 0 atom stereocenters. The lowest BCUT2D eigenvalue weighted by molar-refractivity contribution is 0.408. The van der Waals surface area contributed by atoms with Crippen molar-refractivity contribution in [2.75, 3.05) is 7.11 Å². The van der Waals surface area contributed by atoms with Crippen molar-refractivity contribution in [3.63, 3.8) is 0 Å². The number of methoxy groups -OCH3 is 1. The van der Waals surface area contributed by atoms with Gasteiger partial charge in [-0.25, -0.2) is 0 Å². The van der Waals surface area contributed by atoms with Gasteiger partial charge in [-0.1, -0.05) is 6.07 Å². The van der Waals surface area contributed by atoms with Crippen LogP contribution in [0.1, 0.15) is 5.56 Å². The number of alkyl halides is 1. The summed E-state index contributed by atoms with van der Waals surface area (Å²) in [5, 5.41) is 0. The van der Waals surface area contributed by atoms with Gasteiger partial charge in [-0.15, -0.1) is 11.6 Å². The van der Waals surface area contributed by atoms with Gasteiger partial charge in [0.2, 0.25) is 0 Å². The molecule has 0 N–H and O–H groups in total. The maximum absolute atomic E-state index is 5.75. The van der Waals surface area contributed by atoms with Crippen LogP contribution in [0.5, 0.6) is 5.75 Å². The molecule has 1 rings (SSSR count). The molecular formula is C8H7ClI2O. The van der Waals surface area contributed by atoms with Gasteiger partial charge in [0.25, 0.3) is 0 Å². The minimum absolute atomic E-state index is 0.496. The Bertz CT molecular complexity index is 289. The molecule has 1 aromatic rings. The molecule has 0 saturated carbocycles. The highest BCUT2D eigenvalue weighted by Gasteiger charge is 2.08. The van der Waals surface area contributed by atoms with Gasteiger partial charge in [0.05, 0.1) is 16.6 Å². The van der Waals surface area contributed by atoms with Crippen LogP contribution in [0.2, 0.25) is 0 Å². The zero-order valence-corrected chi connectivity index (χ0v) is 11.5. The van der Waals surface area contributed by atoms with Crippen LogP contribution in [-0.2, 0) is 5.88 Å². The fraction of sp³-hybridized carbons (Fsp3) is 0.250. The highest BCUT2D eigenvalue weighted by molar-refractivity contribution is 14.1. The molecule has 12 heavy (non-hydrogen) atoms. The van der Waals surface area contributed by atoms with Crippen molar-refractivity contribution in [3.8, 4) is 5.75 Å². The maximum atomic E-state index is 5.75. The van der Waals surface area contributed by atoms with Crippen LogP contribution < -0.4 is 4.74 Å². The molecule has 0 amide bonds. The monoisotopic (exact) mass is 408 g/mol. The lowest BCUT2D eigenvalue weighted by atomic mass is 10.2. The quantitative estimate of drug-likeness (QED) is 0.536. The Hall–Kier alpha value is 0.770. The third-order valence-electron chi connectivity index (χ3n) is 1.48. The second-order valence-corrected chi connectivity index (χ2v) is 4.70. The first-order valence-corrected chi connectivity index (χ1v) is 5.96. The van der Waals surface area contributed by atoms with Crippen LogP contribution in [-0.4, -0.2) is 7.11 Å². The zero-order chi connectivity index (χ0) is 9.14. The highest BCUT2D eigenvalue weighted by atomic mass is 127. The van der Waals surface area contributed by atoms with Gasteiger partial charge in [0.1, 0.15) is 5.75 Å². The summed E-state index contributed by atoms with van der Waals surface area (Å²) >= 11 is 10.3. The van der Waals surface area contributed by atoms with E-state index < -0.39 is 0 Å². The van der Waals surface area contributed by atoms with E-state index in [4.69, 9.17) is 16.3 Å². The van der Waals surface area contributed by atoms with Crippen LogP contribution in [0.3, 0.4) is 0 Å². The van der Waals surface area contributed by atoms with Crippen molar-refractivity contribution in [3.05, 3.63) is 24.8 Å². The second-order valence-electron chi connectivity index (χ2n) is 2.19. The smallest absolute Gasteiger partial charge is 0.137 e. The van der Waals surface area contributed by atoms with E-state index in [1.165, 1.54) is 3.57 Å². The number of ether oxygens (including phenoxy) is 1. The zero-order valence-electron chi connectivity index (χ0n) is 6.40. The van der Waals surface area contributed by atoms with E-state index in [9.17, 15) is 0 Å². The molecule has 0 aromatic heterocycles. The summed E-state index contributed by atoms with van der Waals surface area (Å²) in [6, 6.07) is 4.04. The summed E-state index contributed by atoms with van der Waals surface area (Å²) < 4.78 is 7.58. The number of benzene rings is 1. The highest BCUT2D eigenvalue weighted by Crippen LogP contribution is 2.30. The Kier molecular flexibility index (Phi) is 4.39. The summed E-state index contributed by atoms with van der Waals surface area (Å²) in [7, 11) is 1.67. The summed E-state index contributed by atoms with van der Waals surface area (Å²) in [6.45, 7) is 0. The normalized spacial score (nSPS) is 10.0. The van der Waals surface area contributed by atoms with Crippen molar-refractivity contribution in [2.24, 2.45) is 0 Å². The average molecular weight is 408 g/mol. The van der Waals surface area contributed by atoms with E-state index in [1.807, 2.05) is 12.1 Å². The van der Waals surface area contributed by atoms with Crippen molar-refractivity contribution in [2.45, 2.75) is 5.88 Å². The van der Waals surface area contributed by atoms with Crippen molar-refractivity contribution in [1.82, 2.24) is 0 Å². The molecule has 4 heteroatoms. The first kappa shape index (κ1) is 10.8. The molecule has 66 valence electrons. The molecule has 0 saturated heterocycles. The minimum Gasteiger partial charge on any atom is -0.495 e. The Balaban J connectivity index is 3.25. The number of hydrogen-bond acceptors (Lipinski definition) is 1. The van der Waals surface area contributed by atoms with Crippen LogP contribution in [0, 0.1) is 7.14 Å². The largest absolute Gasteiger partial charge is 0.495 e. The molecule has 0 unspecified atom stereocenters. The Morgan fingerprint density at radius 2 is 2.08 bits per heavy atom. The van der Waals surface area contributed by atoms with E-state index in [1.54, 1.807) is 7.11 Å². The van der Waals surface area contributed by atoms with Crippen LogP contribution in [0.15, 0.2) is 12.1 Å². The molecule has 1 nitrogen and oxygen atoms in total. The van der Waals surface area contributed by atoms with Gasteiger partial charge >= 0.3 is 0 Å². The molecule has 0 bridgehead atoms. The first-order chi connectivity index (χ1) is 5.70. The summed E-state index contributed by atoms with van der Waals surface area (Å²) in [4.78, 5) is 0. The molecule has 0 radical (unpaired) electrons. The Morgan fingerprint density at radius 1 is 1.42 bits per heavy atom. The maximum Gasteiger partial charge on any atom is 0.137 e. The third-order valence-corrected chi connectivity index (χ3v) is 4.77. The lowest BCUT2D eigenvalue weighted by Gasteiger charge is -2.09. The minimum atomic E-state index is 0.496. The van der Waals surface area contributed by atoms with Crippen molar-refractivity contribution < 1.29 is 4.74 Å². The molecule has 1 aromatic carbocycles. The molecule has 0 fully saturated rings. The van der Waals surface area contributed by atoms with Gasteiger partial charge in [0.15, 0.2) is 0 Å². The predicted molar refractivity (Wildman–Crippen MR) is 68.0 cm³/mol. The van der Waals surface area contributed by atoms with E-state index in [-0.39, 0.29) is 0 Å². The van der Waals surface area contributed by atoms with Crippen LogP contribution in [0.4, 0.5) is 0 Å². The van der Waals surface area contributed by atoms with E-state index in [0.717, 1.165) is 14.9 Å². The molecule has 0 aliphatic heterocycles. The molecule has 0 aliphatic carbocycles. The molecule has 0 spiro atoms. The second kappa shape index (κ2) is 4.85. The number of halogens is 3. The predicted octanol–water partition coefficient (Wildman–Crippen LogP) is 3.64. The molecule has 0 heterocycles. The average Bonchev–Trinajstić information content (AvgIpc) is 2.09. The number of hydrogen-bond donors (Lipinski definition) is 0. The fourth-order valence-corrected chi connectivity index (χ4v) is 2.28. The van der Waals surface area contributed by atoms with Crippen LogP contribution >= 0.6 is 56.8 Å². The van der Waals surface area contributed by atoms with Gasteiger partial charge in [-0.2, -0.15) is 0 Å². The van der Waals surface area contributed by atoms with Gasteiger partial charge in [-0.05, 0) is 51.2 Å². The lowest BCUT2D eigenvalue weighted by Crippen LogP contribution is -1.94. The van der Waals surface area contributed by atoms with E-state index in [2.05, 4.69) is 45.2 Å². The standard InChI is InChI=1S/C8H7ClI2O/c1-12-8-5(4-9)2-3-6(10)7(8)11/h2-3H,4H2,1H3. The summed E-state index contributed by atoms with van der Waals surface area (Å²) in [5.41, 5.74) is 1.05. The van der Waals surface area contributed by atoms with Gasteiger partial charge in [-0.3, -0.25) is 0 Å². The summed E-state index contributed by atoms with van der Waals surface area (Å²) in [5.74, 6) is 1.40. The van der Waals surface area contributed by atoms with Crippen molar-refractivity contribution in [1.29, 1.82) is 0 Å². The SMILES string of the molecule is COc1c(CCl)ccc(I)c1I. The topological polar surface area (TPSA) is 9.23 Å². The molecular weight excluding hydrogens is 401 g/mol. The van der Waals surface area contributed by atoms with Gasteiger partial charge < -0.3 is 4.74 Å². The molecule has 0 aliphatic rings. The van der Waals surface area contributed by atoms with Crippen molar-refractivity contribution >= 4 is 56.8 Å². The van der Waals surface area contributed by atoms with Crippen LogP contribution in [0.25, 0.3) is 0 Å². The van der Waals surface area contributed by atoms with E-state index in [0.29, 0.717) is 5.88 Å². The van der Waals surface area contributed by atoms with E-state index >= 15 is 0 Å². The Morgan fingerprint density at radius 3 is 2.58 bits per heavy atom. The summed E-state index contributed by atoms with van der Waals surface area (Å²) in [6.07, 6.45) is 0. The number of rotatable bonds is 2. The fourth-order valence-electron chi connectivity index (χ4n) is 0.898. The van der Waals surface area contributed by atoms with Gasteiger partial charge in [0, 0.05) is 9.13 Å². The third kappa shape index (κ3) is 2.17. The Labute approximate surface area is 104 Å².